The van der Waals surface area contributed by atoms with Gasteiger partial charge in [-0.15, -0.1) is 10.2 Å². The molecule has 1 aromatic carbocycles. The van der Waals surface area contributed by atoms with Crippen LogP contribution in [0.15, 0.2) is 24.3 Å². The molecular weight excluding hydrogens is 246 g/mol. The Morgan fingerprint density at radius 2 is 2.00 bits per heavy atom. The number of rotatable bonds is 5. The van der Waals surface area contributed by atoms with Gasteiger partial charge in [0.25, 0.3) is 0 Å². The minimum Gasteiger partial charge on any atom is -0.393 e. The van der Waals surface area contributed by atoms with Crippen LogP contribution in [0.25, 0.3) is 11.0 Å². The molecule has 2 aromatic rings. The molecule has 0 amide bonds. The van der Waals surface area contributed by atoms with Crippen molar-refractivity contribution in [3.05, 3.63) is 24.3 Å². The Balaban J connectivity index is 2.24. The first-order chi connectivity index (χ1) is 8.70. The lowest BCUT2D eigenvalue weighted by Crippen LogP contribution is -2.29. The molecule has 6 heteroatoms. The maximum atomic E-state index is 5.51. The molecule has 94 valence electrons. The first-order valence-corrected chi connectivity index (χ1v) is 6.24. The Bertz CT molecular complexity index is 557. The maximum Gasteiger partial charge on any atom is 0.245 e. The predicted molar refractivity (Wildman–Crippen MR) is 76.6 cm³/mol. The fourth-order valence-electron chi connectivity index (χ4n) is 1.65. The Hall–Kier alpha value is -1.82. The van der Waals surface area contributed by atoms with Gasteiger partial charge in [0.2, 0.25) is 5.95 Å². The highest BCUT2D eigenvalue weighted by Crippen LogP contribution is 2.12. The van der Waals surface area contributed by atoms with Crippen LogP contribution >= 0.6 is 12.2 Å². The molecular formula is C12H15N5S. The molecule has 0 radical (unpaired) electrons. The number of nitrogens with two attached hydrogens (primary N) is 1. The molecule has 0 atom stereocenters. The molecule has 0 spiro atoms. The first-order valence-electron chi connectivity index (χ1n) is 5.83. The van der Waals surface area contributed by atoms with Crippen molar-refractivity contribution in [1.82, 2.24) is 15.2 Å². The Labute approximate surface area is 111 Å². The monoisotopic (exact) mass is 261 g/mol. The largest absolute Gasteiger partial charge is 0.393 e. The van der Waals surface area contributed by atoms with E-state index < -0.39 is 0 Å². The van der Waals surface area contributed by atoms with Crippen molar-refractivity contribution in [2.24, 2.45) is 5.73 Å². The van der Waals surface area contributed by atoms with Gasteiger partial charge in [-0.05, 0) is 19.1 Å². The quantitative estimate of drug-likeness (QED) is 0.823. The number of nitrogens with zero attached hydrogens (tertiary/aromatic N) is 4. The first kappa shape index (κ1) is 12.6. The molecule has 0 unspecified atom stereocenters. The number of hydrogen-bond acceptors (Lipinski definition) is 5. The van der Waals surface area contributed by atoms with E-state index in [2.05, 4.69) is 15.2 Å². The minimum absolute atomic E-state index is 0.502. The molecule has 18 heavy (non-hydrogen) atoms. The molecule has 5 nitrogen and oxygen atoms in total. The standard InChI is InChI=1S/C12H15N5S/c1-2-17(8-7-11(13)18)12-14-9-5-3-4-6-10(9)15-16-12/h3-6H,2,7-8H2,1H3,(H2,13,18). The van der Waals surface area contributed by atoms with Crippen LogP contribution in [0.5, 0.6) is 0 Å². The zero-order valence-electron chi connectivity index (χ0n) is 10.2. The third-order valence-corrected chi connectivity index (χ3v) is 2.85. The molecule has 0 aliphatic rings. The van der Waals surface area contributed by atoms with Gasteiger partial charge in [0, 0.05) is 19.5 Å². The summed E-state index contributed by atoms with van der Waals surface area (Å²) in [5.41, 5.74) is 7.15. The summed E-state index contributed by atoms with van der Waals surface area (Å²) in [6.45, 7) is 3.55. The zero-order chi connectivity index (χ0) is 13.0. The highest BCUT2D eigenvalue weighted by molar-refractivity contribution is 7.80. The van der Waals surface area contributed by atoms with Crippen LogP contribution in [0.1, 0.15) is 13.3 Å². The molecule has 1 aromatic heterocycles. The van der Waals surface area contributed by atoms with Gasteiger partial charge in [0.1, 0.15) is 5.52 Å². The van der Waals surface area contributed by atoms with Crippen LogP contribution < -0.4 is 10.6 Å². The smallest absolute Gasteiger partial charge is 0.245 e. The van der Waals surface area contributed by atoms with Crippen LogP contribution in [-0.2, 0) is 0 Å². The number of thiocarbonyl (C=S) groups is 1. The van der Waals surface area contributed by atoms with E-state index in [0.717, 1.165) is 17.6 Å². The Morgan fingerprint density at radius 1 is 1.28 bits per heavy atom. The second-order valence-corrected chi connectivity index (χ2v) is 4.42. The number of fused-ring (bicyclic) bond motifs is 1. The van der Waals surface area contributed by atoms with Crippen LogP contribution in [-0.4, -0.2) is 33.3 Å². The van der Waals surface area contributed by atoms with E-state index in [4.69, 9.17) is 18.0 Å². The molecule has 2 N–H and O–H groups in total. The van der Waals surface area contributed by atoms with Crippen LogP contribution in [0.4, 0.5) is 5.95 Å². The minimum atomic E-state index is 0.502. The summed E-state index contributed by atoms with van der Waals surface area (Å²) < 4.78 is 0. The molecule has 0 saturated carbocycles. The Morgan fingerprint density at radius 3 is 2.67 bits per heavy atom. The molecule has 0 saturated heterocycles. The molecule has 0 aliphatic carbocycles. The van der Waals surface area contributed by atoms with E-state index in [1.807, 2.05) is 36.1 Å². The van der Waals surface area contributed by atoms with Crippen LogP contribution in [0.2, 0.25) is 0 Å². The molecule has 1 heterocycles. The van der Waals surface area contributed by atoms with Crippen molar-refractivity contribution in [2.75, 3.05) is 18.0 Å². The van der Waals surface area contributed by atoms with Gasteiger partial charge in [0.05, 0.1) is 10.5 Å². The van der Waals surface area contributed by atoms with E-state index in [9.17, 15) is 0 Å². The average Bonchev–Trinajstić information content (AvgIpc) is 2.39. The fourth-order valence-corrected chi connectivity index (χ4v) is 1.74. The van der Waals surface area contributed by atoms with Crippen LogP contribution in [0, 0.1) is 0 Å². The van der Waals surface area contributed by atoms with Gasteiger partial charge in [-0.25, -0.2) is 4.98 Å². The number of benzene rings is 1. The number of para-hydroxylation sites is 1. The van der Waals surface area contributed by atoms with E-state index in [0.29, 0.717) is 23.9 Å². The van der Waals surface area contributed by atoms with E-state index in [1.54, 1.807) is 0 Å². The summed E-state index contributed by atoms with van der Waals surface area (Å²) in [6, 6.07) is 7.67. The lowest BCUT2D eigenvalue weighted by molar-refractivity contribution is 0.786. The van der Waals surface area contributed by atoms with Crippen molar-refractivity contribution >= 4 is 34.2 Å². The van der Waals surface area contributed by atoms with Crippen molar-refractivity contribution in [1.29, 1.82) is 0 Å². The second kappa shape index (κ2) is 5.68. The van der Waals surface area contributed by atoms with Crippen LogP contribution in [0.3, 0.4) is 0 Å². The third-order valence-electron chi connectivity index (χ3n) is 2.64. The highest BCUT2D eigenvalue weighted by Gasteiger charge is 2.09. The SMILES string of the molecule is CCN(CCC(N)=S)c1nnc2ccccc2n1. The lowest BCUT2D eigenvalue weighted by Gasteiger charge is -2.19. The predicted octanol–water partition coefficient (Wildman–Crippen LogP) is 1.53. The summed E-state index contributed by atoms with van der Waals surface area (Å²) >= 11 is 4.88. The van der Waals surface area contributed by atoms with Crippen molar-refractivity contribution in [2.45, 2.75) is 13.3 Å². The fraction of sp³-hybridized carbons (Fsp3) is 0.333. The summed E-state index contributed by atoms with van der Waals surface area (Å²) in [4.78, 5) is 7.01. The molecule has 0 aliphatic heterocycles. The number of anilines is 1. The van der Waals surface area contributed by atoms with Gasteiger partial charge in [-0.1, -0.05) is 24.4 Å². The topological polar surface area (TPSA) is 67.9 Å². The second-order valence-electron chi connectivity index (χ2n) is 3.90. The van der Waals surface area contributed by atoms with Gasteiger partial charge >= 0.3 is 0 Å². The summed E-state index contributed by atoms with van der Waals surface area (Å²) in [6.07, 6.45) is 0.652. The molecule has 2 rings (SSSR count). The number of hydrogen-bond donors (Lipinski definition) is 1. The summed E-state index contributed by atoms with van der Waals surface area (Å²) in [7, 11) is 0. The van der Waals surface area contributed by atoms with Crippen molar-refractivity contribution in [3.63, 3.8) is 0 Å². The summed E-state index contributed by atoms with van der Waals surface area (Å²) in [5.74, 6) is 0.618. The normalized spacial score (nSPS) is 10.5. The zero-order valence-corrected chi connectivity index (χ0v) is 11.0. The number of aromatic nitrogens is 3. The van der Waals surface area contributed by atoms with Gasteiger partial charge in [-0.3, -0.25) is 0 Å². The van der Waals surface area contributed by atoms with Crippen molar-refractivity contribution in [3.8, 4) is 0 Å². The van der Waals surface area contributed by atoms with E-state index in [-0.39, 0.29) is 0 Å². The van der Waals surface area contributed by atoms with E-state index in [1.165, 1.54) is 0 Å². The van der Waals surface area contributed by atoms with Crippen molar-refractivity contribution < 1.29 is 0 Å². The highest BCUT2D eigenvalue weighted by atomic mass is 32.1. The molecule has 0 bridgehead atoms. The van der Waals surface area contributed by atoms with E-state index >= 15 is 0 Å². The summed E-state index contributed by atoms with van der Waals surface area (Å²) in [5, 5.41) is 8.30. The lowest BCUT2D eigenvalue weighted by atomic mass is 10.3. The molecule has 0 fully saturated rings. The maximum absolute atomic E-state index is 5.51. The average molecular weight is 261 g/mol. The van der Waals surface area contributed by atoms with Gasteiger partial charge in [0.15, 0.2) is 0 Å². The third kappa shape index (κ3) is 2.89. The van der Waals surface area contributed by atoms with Gasteiger partial charge in [-0.2, -0.15) is 0 Å². The Kier molecular flexibility index (Phi) is 3.99. The van der Waals surface area contributed by atoms with Gasteiger partial charge < -0.3 is 10.6 Å².